The third kappa shape index (κ3) is 3.98. The normalized spacial score (nSPS) is 15.7. The highest BCUT2D eigenvalue weighted by molar-refractivity contribution is 5.94. The summed E-state index contributed by atoms with van der Waals surface area (Å²) in [7, 11) is 0. The van der Waals surface area contributed by atoms with Gasteiger partial charge in [0.15, 0.2) is 11.5 Å². The molecule has 0 aliphatic carbocycles. The lowest BCUT2D eigenvalue weighted by molar-refractivity contribution is -0.137. The number of aromatic nitrogens is 5. The molecular weight excluding hydrogens is 389 g/mol. The van der Waals surface area contributed by atoms with Gasteiger partial charge in [-0.25, -0.2) is 4.68 Å². The fourth-order valence-corrected chi connectivity index (χ4v) is 3.30. The molecule has 0 atom stereocenters. The van der Waals surface area contributed by atoms with Crippen molar-refractivity contribution in [2.24, 2.45) is 0 Å². The summed E-state index contributed by atoms with van der Waals surface area (Å²) in [6.07, 6.45) is -1.56. The van der Waals surface area contributed by atoms with Crippen LogP contribution in [-0.2, 0) is 6.18 Å². The van der Waals surface area contributed by atoms with Crippen LogP contribution in [0.5, 0.6) is 0 Å². The van der Waals surface area contributed by atoms with E-state index in [1.54, 1.807) is 22.7 Å². The molecule has 1 saturated heterocycles. The van der Waals surface area contributed by atoms with Gasteiger partial charge in [0.1, 0.15) is 0 Å². The minimum atomic E-state index is -4.48. The average molecular weight is 406 g/mol. The van der Waals surface area contributed by atoms with Gasteiger partial charge in [-0.15, -0.1) is 5.10 Å². The number of benzene rings is 1. The molecule has 29 heavy (non-hydrogen) atoms. The molecule has 0 radical (unpaired) electrons. The first-order valence-corrected chi connectivity index (χ1v) is 9.00. The summed E-state index contributed by atoms with van der Waals surface area (Å²) < 4.78 is 45.4. The van der Waals surface area contributed by atoms with Gasteiger partial charge >= 0.3 is 6.18 Å². The number of hydrogen-bond donors (Lipinski definition) is 0. The van der Waals surface area contributed by atoms with Crippen molar-refractivity contribution in [2.45, 2.75) is 32.0 Å². The van der Waals surface area contributed by atoms with Crippen LogP contribution in [0.4, 0.5) is 13.2 Å². The molecule has 1 amide bonds. The zero-order valence-corrected chi connectivity index (χ0v) is 15.4. The molecule has 0 saturated carbocycles. The van der Waals surface area contributed by atoms with Crippen molar-refractivity contribution in [2.75, 3.05) is 13.1 Å². The number of aryl methyl sites for hydroxylation is 1. The lowest BCUT2D eigenvalue weighted by Gasteiger charge is -2.32. The molecule has 0 unspecified atom stereocenters. The van der Waals surface area contributed by atoms with E-state index in [4.69, 9.17) is 4.52 Å². The quantitative estimate of drug-likeness (QED) is 0.664. The van der Waals surface area contributed by atoms with E-state index in [0.29, 0.717) is 37.4 Å². The molecule has 2 aromatic heterocycles. The highest BCUT2D eigenvalue weighted by atomic mass is 19.4. The van der Waals surface area contributed by atoms with Gasteiger partial charge in [-0.05, 0) is 38.0 Å². The van der Waals surface area contributed by atoms with Crippen molar-refractivity contribution in [3.8, 4) is 11.6 Å². The summed E-state index contributed by atoms with van der Waals surface area (Å²) in [5.74, 6) is 0.372. The molecule has 3 aromatic rings. The van der Waals surface area contributed by atoms with Gasteiger partial charge in [0.05, 0.1) is 17.8 Å². The van der Waals surface area contributed by atoms with Crippen LogP contribution < -0.4 is 0 Å². The number of hydrogen-bond acceptors (Lipinski definition) is 6. The van der Waals surface area contributed by atoms with Crippen LogP contribution in [0.25, 0.3) is 11.6 Å². The fraction of sp³-hybridized carbons (Fsp3) is 0.389. The molecule has 152 valence electrons. The smallest absolute Gasteiger partial charge is 0.338 e. The number of carbonyl (C=O) groups is 1. The van der Waals surface area contributed by atoms with Gasteiger partial charge in [-0.3, -0.25) is 4.79 Å². The Morgan fingerprint density at radius 2 is 2.00 bits per heavy atom. The maximum atomic E-state index is 12.9. The van der Waals surface area contributed by atoms with Crippen molar-refractivity contribution >= 4 is 5.91 Å². The Morgan fingerprint density at radius 3 is 2.66 bits per heavy atom. The summed E-state index contributed by atoms with van der Waals surface area (Å²) in [6.45, 7) is 2.53. The molecule has 0 N–H and O–H groups in total. The third-order valence-electron chi connectivity index (χ3n) is 4.82. The topological polar surface area (TPSA) is 89.9 Å². The van der Waals surface area contributed by atoms with Crippen LogP contribution in [-0.4, -0.2) is 49.0 Å². The van der Waals surface area contributed by atoms with Crippen LogP contribution in [0.3, 0.4) is 0 Å². The number of likely N-dealkylation sites (tertiary alicyclic amines) is 1. The van der Waals surface area contributed by atoms with Crippen molar-refractivity contribution in [1.82, 2.24) is 30.0 Å². The molecular formula is C18H17F3N6O2. The Morgan fingerprint density at radius 1 is 1.24 bits per heavy atom. The number of piperidine rings is 1. The van der Waals surface area contributed by atoms with E-state index >= 15 is 0 Å². The first-order chi connectivity index (χ1) is 13.8. The van der Waals surface area contributed by atoms with Gasteiger partial charge < -0.3 is 9.42 Å². The Bertz CT molecular complexity index is 1020. The predicted octanol–water partition coefficient (Wildman–Crippen LogP) is 3.13. The number of amides is 1. The van der Waals surface area contributed by atoms with Gasteiger partial charge in [-0.2, -0.15) is 18.2 Å². The highest BCUT2D eigenvalue weighted by Crippen LogP contribution is 2.30. The van der Waals surface area contributed by atoms with Gasteiger partial charge in [0, 0.05) is 18.7 Å². The molecule has 1 fully saturated rings. The Kier molecular flexibility index (Phi) is 4.81. The van der Waals surface area contributed by atoms with Crippen molar-refractivity contribution in [3.63, 3.8) is 0 Å². The zero-order valence-electron chi connectivity index (χ0n) is 15.4. The van der Waals surface area contributed by atoms with Crippen LogP contribution in [0.15, 0.2) is 35.0 Å². The van der Waals surface area contributed by atoms with Crippen LogP contribution in [0, 0.1) is 6.92 Å². The number of carbonyl (C=O) groups excluding carboxylic acids is 1. The first-order valence-electron chi connectivity index (χ1n) is 9.00. The number of nitrogens with zero attached hydrogens (tertiary/aromatic N) is 6. The molecule has 3 heterocycles. The van der Waals surface area contributed by atoms with Crippen LogP contribution in [0.2, 0.25) is 0 Å². The fourth-order valence-electron chi connectivity index (χ4n) is 3.30. The molecule has 8 nitrogen and oxygen atoms in total. The van der Waals surface area contributed by atoms with Crippen LogP contribution >= 0.6 is 0 Å². The van der Waals surface area contributed by atoms with Crippen molar-refractivity contribution < 1.29 is 22.5 Å². The Balaban J connectivity index is 1.41. The van der Waals surface area contributed by atoms with E-state index in [9.17, 15) is 18.0 Å². The van der Waals surface area contributed by atoms with E-state index in [1.165, 1.54) is 12.1 Å². The minimum absolute atomic E-state index is 0.0193. The number of rotatable bonds is 3. The van der Waals surface area contributed by atoms with E-state index < -0.39 is 17.6 Å². The molecule has 4 rings (SSSR count). The van der Waals surface area contributed by atoms with Gasteiger partial charge in [-0.1, -0.05) is 16.4 Å². The minimum Gasteiger partial charge on any atom is -0.338 e. The molecule has 11 heteroatoms. The maximum Gasteiger partial charge on any atom is 0.416 e. The SMILES string of the molecule is Cc1noc(-c2cn(C3CCN(C(=O)c4cccc(C(F)(F)F)c4)CC3)nn2)n1. The lowest BCUT2D eigenvalue weighted by Crippen LogP contribution is -2.39. The molecule has 0 bridgehead atoms. The highest BCUT2D eigenvalue weighted by Gasteiger charge is 2.32. The maximum absolute atomic E-state index is 12.9. The molecule has 1 aliphatic heterocycles. The lowest BCUT2D eigenvalue weighted by atomic mass is 10.0. The molecule has 1 aliphatic rings. The monoisotopic (exact) mass is 406 g/mol. The predicted molar refractivity (Wildman–Crippen MR) is 93.7 cm³/mol. The van der Waals surface area contributed by atoms with Crippen LogP contribution in [0.1, 0.15) is 40.6 Å². The number of halogens is 3. The van der Waals surface area contributed by atoms with Gasteiger partial charge in [0.2, 0.25) is 0 Å². The summed E-state index contributed by atoms with van der Waals surface area (Å²) >= 11 is 0. The first kappa shape index (κ1) is 19.1. The summed E-state index contributed by atoms with van der Waals surface area (Å²) in [4.78, 5) is 18.3. The van der Waals surface area contributed by atoms with Gasteiger partial charge in [0.25, 0.3) is 11.8 Å². The van der Waals surface area contributed by atoms with E-state index in [0.717, 1.165) is 12.1 Å². The molecule has 1 aromatic carbocycles. The largest absolute Gasteiger partial charge is 0.416 e. The summed E-state index contributed by atoms with van der Waals surface area (Å²) in [5.41, 5.74) is -0.328. The van der Waals surface area contributed by atoms with E-state index in [1.807, 2.05) is 0 Å². The summed E-state index contributed by atoms with van der Waals surface area (Å²) in [6, 6.07) is 4.52. The second-order valence-corrected chi connectivity index (χ2v) is 6.83. The second kappa shape index (κ2) is 7.30. The zero-order chi connectivity index (χ0) is 20.6. The average Bonchev–Trinajstić information content (AvgIpc) is 3.36. The van der Waals surface area contributed by atoms with E-state index in [-0.39, 0.29) is 17.5 Å². The Hall–Kier alpha value is -3.24. The molecule has 0 spiro atoms. The third-order valence-corrected chi connectivity index (χ3v) is 4.82. The second-order valence-electron chi connectivity index (χ2n) is 6.83. The van der Waals surface area contributed by atoms with Crippen molar-refractivity contribution in [1.29, 1.82) is 0 Å². The Labute approximate surface area is 163 Å². The standard InChI is InChI=1S/C18H17F3N6O2/c1-11-22-16(29-24-11)15-10-27(25-23-15)14-5-7-26(8-6-14)17(28)12-3-2-4-13(9-12)18(19,20)21/h2-4,9-10,14H,5-8H2,1H3. The number of alkyl halides is 3. The van der Waals surface area contributed by atoms with Crippen molar-refractivity contribution in [3.05, 3.63) is 47.4 Å². The summed E-state index contributed by atoms with van der Waals surface area (Å²) in [5, 5.41) is 11.9. The van der Waals surface area contributed by atoms with E-state index in [2.05, 4.69) is 20.5 Å².